The molecule has 1 heterocycles. The number of ether oxygens (including phenoxy) is 1. The first kappa shape index (κ1) is 11.3. The zero-order valence-electron chi connectivity index (χ0n) is 9.34. The Bertz CT molecular complexity index is 572. The number of phenols is 1. The van der Waals surface area contributed by atoms with E-state index in [1.165, 1.54) is 12.1 Å². The summed E-state index contributed by atoms with van der Waals surface area (Å²) in [5.41, 5.74) is 0.440. The topological polar surface area (TPSA) is 59.7 Å². The average Bonchev–Trinajstić information content (AvgIpc) is 2.25. The Morgan fingerprint density at radius 1 is 1.29 bits per heavy atom. The van der Waals surface area contributed by atoms with Gasteiger partial charge in [0.25, 0.3) is 0 Å². The fraction of sp³-hybridized carbons (Fsp3) is 0.154. The molecule has 4 heteroatoms. The third-order valence-corrected chi connectivity index (χ3v) is 2.16. The van der Waals surface area contributed by atoms with Crippen LogP contribution in [0.25, 0.3) is 0 Å². The Kier molecular flexibility index (Phi) is 3.14. The van der Waals surface area contributed by atoms with Crippen LogP contribution >= 0.6 is 0 Å². The minimum atomic E-state index is -0.389. The van der Waals surface area contributed by atoms with Crippen molar-refractivity contribution >= 4 is 0 Å². The molecule has 1 aromatic carbocycles. The van der Waals surface area contributed by atoms with Crippen molar-refractivity contribution in [3.8, 4) is 11.5 Å². The van der Waals surface area contributed by atoms with Crippen molar-refractivity contribution in [2.75, 3.05) is 0 Å². The zero-order chi connectivity index (χ0) is 12.3. The third kappa shape index (κ3) is 3.11. The molecule has 0 aliphatic heterocycles. The maximum atomic E-state index is 11.1. The average molecular weight is 232 g/mol. The van der Waals surface area contributed by atoms with Gasteiger partial charge in [-0.25, -0.2) is 4.79 Å². The van der Waals surface area contributed by atoms with Crippen molar-refractivity contribution in [3.63, 3.8) is 0 Å². The van der Waals surface area contributed by atoms with E-state index in [4.69, 9.17) is 9.15 Å². The maximum absolute atomic E-state index is 11.1. The van der Waals surface area contributed by atoms with E-state index in [0.717, 1.165) is 5.56 Å². The number of rotatable bonds is 3. The first-order valence-electron chi connectivity index (χ1n) is 5.16. The van der Waals surface area contributed by atoms with Crippen molar-refractivity contribution in [3.05, 3.63) is 58.1 Å². The largest absolute Gasteiger partial charge is 0.508 e. The van der Waals surface area contributed by atoms with Gasteiger partial charge in [0.05, 0.1) is 0 Å². The van der Waals surface area contributed by atoms with Gasteiger partial charge >= 0.3 is 5.63 Å². The predicted octanol–water partition coefficient (Wildman–Crippen LogP) is 2.23. The zero-order valence-corrected chi connectivity index (χ0v) is 9.34. The van der Waals surface area contributed by atoms with Crippen LogP contribution in [0.15, 0.2) is 45.6 Å². The van der Waals surface area contributed by atoms with Crippen LogP contribution < -0.4 is 10.4 Å². The van der Waals surface area contributed by atoms with E-state index in [0.29, 0.717) is 11.5 Å². The van der Waals surface area contributed by atoms with Crippen molar-refractivity contribution in [1.82, 2.24) is 0 Å². The molecule has 0 unspecified atom stereocenters. The van der Waals surface area contributed by atoms with E-state index in [-0.39, 0.29) is 18.0 Å². The van der Waals surface area contributed by atoms with Crippen LogP contribution in [0.4, 0.5) is 0 Å². The summed E-state index contributed by atoms with van der Waals surface area (Å²) in [5, 5.41) is 9.25. The minimum Gasteiger partial charge on any atom is -0.508 e. The molecule has 1 aromatic heterocycles. The highest BCUT2D eigenvalue weighted by molar-refractivity contribution is 5.31. The molecule has 0 aliphatic carbocycles. The Balaban J connectivity index is 2.09. The molecule has 2 aromatic rings. The van der Waals surface area contributed by atoms with Crippen LogP contribution in [0.1, 0.15) is 11.3 Å². The second-order valence-corrected chi connectivity index (χ2v) is 3.71. The van der Waals surface area contributed by atoms with Gasteiger partial charge in [0.1, 0.15) is 23.9 Å². The monoisotopic (exact) mass is 232 g/mol. The summed E-state index contributed by atoms with van der Waals surface area (Å²) < 4.78 is 10.4. The van der Waals surface area contributed by atoms with E-state index in [1.807, 2.05) is 6.92 Å². The molecular formula is C13H12O4. The molecule has 0 amide bonds. The van der Waals surface area contributed by atoms with Gasteiger partial charge in [0, 0.05) is 12.1 Å². The summed E-state index contributed by atoms with van der Waals surface area (Å²) in [5.74, 6) is 1.11. The molecule has 0 aliphatic rings. The quantitative estimate of drug-likeness (QED) is 0.881. The molecule has 17 heavy (non-hydrogen) atoms. The Morgan fingerprint density at radius 3 is 2.82 bits per heavy atom. The van der Waals surface area contributed by atoms with E-state index in [2.05, 4.69) is 0 Å². The van der Waals surface area contributed by atoms with Gasteiger partial charge in [0.15, 0.2) is 0 Å². The predicted molar refractivity (Wildman–Crippen MR) is 62.2 cm³/mol. The molecule has 0 radical (unpaired) electrons. The van der Waals surface area contributed by atoms with E-state index in [9.17, 15) is 9.90 Å². The van der Waals surface area contributed by atoms with Crippen LogP contribution in [-0.2, 0) is 6.61 Å². The van der Waals surface area contributed by atoms with Crippen LogP contribution in [-0.4, -0.2) is 5.11 Å². The molecule has 0 saturated carbocycles. The minimum absolute atomic E-state index is 0.133. The van der Waals surface area contributed by atoms with Gasteiger partial charge in [-0.05, 0) is 30.7 Å². The second kappa shape index (κ2) is 4.74. The molecule has 2 rings (SSSR count). The lowest BCUT2D eigenvalue weighted by molar-refractivity contribution is 0.260. The van der Waals surface area contributed by atoms with Gasteiger partial charge in [-0.2, -0.15) is 0 Å². The maximum Gasteiger partial charge on any atom is 0.336 e. The Labute approximate surface area is 98.1 Å². The van der Waals surface area contributed by atoms with Crippen LogP contribution in [0.3, 0.4) is 0 Å². The molecular weight excluding hydrogens is 220 g/mol. The summed E-state index contributed by atoms with van der Waals surface area (Å²) in [4.78, 5) is 11.1. The van der Waals surface area contributed by atoms with Crippen molar-refractivity contribution in [2.45, 2.75) is 13.5 Å². The summed E-state index contributed by atoms with van der Waals surface area (Å²) in [7, 11) is 0. The number of aryl methyl sites for hydroxylation is 1. The van der Waals surface area contributed by atoms with Gasteiger partial charge < -0.3 is 14.3 Å². The fourth-order valence-electron chi connectivity index (χ4n) is 1.47. The summed E-state index contributed by atoms with van der Waals surface area (Å²) in [6, 6.07) is 9.60. The van der Waals surface area contributed by atoms with E-state index >= 15 is 0 Å². The molecule has 1 N–H and O–H groups in total. The van der Waals surface area contributed by atoms with E-state index < -0.39 is 0 Å². The lowest BCUT2D eigenvalue weighted by atomic mass is 10.3. The SMILES string of the molecule is Cc1cc(COc2cccc(O)c2)oc(=O)c1. The highest BCUT2D eigenvalue weighted by Crippen LogP contribution is 2.18. The smallest absolute Gasteiger partial charge is 0.336 e. The first-order chi connectivity index (χ1) is 8.13. The normalized spacial score (nSPS) is 10.2. The Hall–Kier alpha value is -2.23. The number of aromatic hydroxyl groups is 1. The molecule has 0 spiro atoms. The highest BCUT2D eigenvalue weighted by Gasteiger charge is 2.01. The standard InChI is InChI=1S/C13H12O4/c1-9-5-12(17-13(15)6-9)8-16-11-4-2-3-10(14)7-11/h2-7,14H,8H2,1H3. The second-order valence-electron chi connectivity index (χ2n) is 3.71. The molecule has 0 atom stereocenters. The van der Waals surface area contributed by atoms with Gasteiger partial charge in [-0.15, -0.1) is 0 Å². The van der Waals surface area contributed by atoms with Crippen molar-refractivity contribution in [1.29, 1.82) is 0 Å². The lowest BCUT2D eigenvalue weighted by Crippen LogP contribution is -2.03. The summed E-state index contributed by atoms with van der Waals surface area (Å²) >= 11 is 0. The van der Waals surface area contributed by atoms with Gasteiger partial charge in [-0.1, -0.05) is 6.07 Å². The van der Waals surface area contributed by atoms with Crippen LogP contribution in [0, 0.1) is 6.92 Å². The number of hydrogen-bond donors (Lipinski definition) is 1. The van der Waals surface area contributed by atoms with Crippen LogP contribution in [0.5, 0.6) is 11.5 Å². The number of benzene rings is 1. The van der Waals surface area contributed by atoms with Crippen molar-refractivity contribution in [2.24, 2.45) is 0 Å². The molecule has 0 fully saturated rings. The summed E-state index contributed by atoms with van der Waals surface area (Å²) in [6.45, 7) is 1.97. The van der Waals surface area contributed by atoms with Gasteiger partial charge in [-0.3, -0.25) is 0 Å². The van der Waals surface area contributed by atoms with Gasteiger partial charge in [0.2, 0.25) is 0 Å². The molecule has 0 bridgehead atoms. The third-order valence-electron chi connectivity index (χ3n) is 2.16. The molecule has 4 nitrogen and oxygen atoms in total. The van der Waals surface area contributed by atoms with Crippen molar-refractivity contribution < 1.29 is 14.3 Å². The van der Waals surface area contributed by atoms with E-state index in [1.54, 1.807) is 24.3 Å². The molecule has 0 saturated heterocycles. The Morgan fingerprint density at radius 2 is 2.12 bits per heavy atom. The number of phenolic OH excluding ortho intramolecular Hbond substituents is 1. The molecule has 88 valence electrons. The lowest BCUT2D eigenvalue weighted by Gasteiger charge is -2.05. The highest BCUT2D eigenvalue weighted by atomic mass is 16.5. The first-order valence-corrected chi connectivity index (χ1v) is 5.16. The number of hydrogen-bond acceptors (Lipinski definition) is 4. The van der Waals surface area contributed by atoms with Crippen LogP contribution in [0.2, 0.25) is 0 Å². The summed E-state index contributed by atoms with van der Waals surface area (Å²) in [6.07, 6.45) is 0. The fourth-order valence-corrected chi connectivity index (χ4v) is 1.47.